The van der Waals surface area contributed by atoms with Crippen molar-refractivity contribution in [2.45, 2.75) is 46.6 Å². The van der Waals surface area contributed by atoms with E-state index < -0.39 is 0 Å². The molecule has 1 heterocycles. The molecule has 0 fully saturated rings. The van der Waals surface area contributed by atoms with E-state index in [0.717, 1.165) is 53.4 Å². The van der Waals surface area contributed by atoms with Crippen molar-refractivity contribution < 1.29 is 4.79 Å². The molecular weight excluding hydrogens is 488 g/mol. The average molecular weight is 525 g/mol. The van der Waals surface area contributed by atoms with E-state index >= 15 is 0 Å². The molecule has 2 N–H and O–H groups in total. The Hall–Kier alpha value is -3.64. The summed E-state index contributed by atoms with van der Waals surface area (Å²) in [4.78, 5) is 18.4. The highest BCUT2D eigenvalue weighted by atomic mass is 32.1. The molecule has 0 spiro atoms. The van der Waals surface area contributed by atoms with Gasteiger partial charge in [0.15, 0.2) is 10.9 Å². The minimum atomic E-state index is -0.362. The first-order valence-electron chi connectivity index (χ1n) is 13.4. The van der Waals surface area contributed by atoms with Gasteiger partial charge in [-0.15, -0.1) is 0 Å². The van der Waals surface area contributed by atoms with E-state index in [-0.39, 0.29) is 17.2 Å². The highest BCUT2D eigenvalue weighted by Gasteiger charge is 2.42. The summed E-state index contributed by atoms with van der Waals surface area (Å²) in [5, 5.41) is 7.66. The van der Waals surface area contributed by atoms with Crippen LogP contribution in [0.25, 0.3) is 0 Å². The number of carbonyl (C=O) groups excluding carboxylic acids is 1. The number of thiocarbonyl (C=S) groups is 1. The molecule has 0 radical (unpaired) electrons. The molecule has 1 atom stereocenters. The second kappa shape index (κ2) is 10.6. The molecule has 5 rings (SSSR count). The van der Waals surface area contributed by atoms with Crippen LogP contribution in [0.15, 0.2) is 90.1 Å². The largest absolute Gasteiger partial charge is 0.372 e. The van der Waals surface area contributed by atoms with Crippen molar-refractivity contribution in [1.29, 1.82) is 0 Å². The van der Waals surface area contributed by atoms with Crippen molar-refractivity contribution in [1.82, 2.24) is 0 Å². The van der Waals surface area contributed by atoms with E-state index in [0.29, 0.717) is 11.5 Å². The fourth-order valence-corrected chi connectivity index (χ4v) is 6.01. The fourth-order valence-electron chi connectivity index (χ4n) is 5.69. The lowest BCUT2D eigenvalue weighted by Crippen LogP contribution is -2.41. The number of rotatable bonds is 5. The van der Waals surface area contributed by atoms with Crippen LogP contribution in [-0.2, 0) is 4.79 Å². The number of para-hydroxylation sites is 3. The smallest absolute Gasteiger partial charge is 0.178 e. The minimum Gasteiger partial charge on any atom is -0.372 e. The highest BCUT2D eigenvalue weighted by Crippen LogP contribution is 2.48. The molecule has 0 bridgehead atoms. The van der Waals surface area contributed by atoms with Gasteiger partial charge in [-0.1, -0.05) is 56.3 Å². The van der Waals surface area contributed by atoms with Gasteiger partial charge in [-0.2, -0.15) is 0 Å². The second-order valence-electron chi connectivity index (χ2n) is 10.8. The summed E-state index contributed by atoms with van der Waals surface area (Å²) in [5.41, 5.74) is 6.68. The van der Waals surface area contributed by atoms with Gasteiger partial charge in [0, 0.05) is 42.2 Å². The molecule has 3 aromatic carbocycles. The molecule has 196 valence electrons. The van der Waals surface area contributed by atoms with E-state index in [9.17, 15) is 4.79 Å². The third-order valence-electron chi connectivity index (χ3n) is 7.48. The maximum Gasteiger partial charge on any atom is 0.178 e. The van der Waals surface area contributed by atoms with Crippen molar-refractivity contribution in [3.63, 3.8) is 0 Å². The van der Waals surface area contributed by atoms with Gasteiger partial charge in [-0.3, -0.25) is 4.79 Å². The van der Waals surface area contributed by atoms with E-state index in [1.54, 1.807) is 0 Å². The number of nitrogens with one attached hydrogen (secondary N) is 2. The van der Waals surface area contributed by atoms with Crippen molar-refractivity contribution >= 4 is 45.9 Å². The lowest BCUT2D eigenvalue weighted by atomic mass is 9.73. The summed E-state index contributed by atoms with van der Waals surface area (Å²) in [5.74, 6) is 0.168. The van der Waals surface area contributed by atoms with Gasteiger partial charge in [-0.05, 0) is 79.9 Å². The lowest BCUT2D eigenvalue weighted by Gasteiger charge is -2.38. The highest BCUT2D eigenvalue weighted by molar-refractivity contribution is 7.80. The van der Waals surface area contributed by atoms with Gasteiger partial charge in [0.25, 0.3) is 0 Å². The first kappa shape index (κ1) is 26.0. The van der Waals surface area contributed by atoms with Crippen molar-refractivity contribution in [2.75, 3.05) is 33.5 Å². The molecule has 1 aliphatic carbocycles. The van der Waals surface area contributed by atoms with Crippen LogP contribution < -0.4 is 20.4 Å². The molecule has 2 aliphatic rings. The Balaban J connectivity index is 1.69. The molecular formula is C32H36N4OS. The number of nitrogens with zero attached hydrogens (tertiary/aromatic N) is 2. The number of allylic oxidation sites excluding steroid dienone is 1. The Morgan fingerprint density at radius 1 is 0.974 bits per heavy atom. The van der Waals surface area contributed by atoms with Crippen LogP contribution in [0.1, 0.15) is 52.1 Å². The average Bonchev–Trinajstić information content (AvgIpc) is 3.04. The number of carbonyl (C=O) groups is 1. The van der Waals surface area contributed by atoms with Gasteiger partial charge in [-0.25, -0.2) is 0 Å². The van der Waals surface area contributed by atoms with Crippen LogP contribution in [0.5, 0.6) is 0 Å². The van der Waals surface area contributed by atoms with Gasteiger partial charge in [0.2, 0.25) is 0 Å². The maximum absolute atomic E-state index is 13.9. The number of Topliss-reactive ketones (excluding diaryl/α,β-unsaturated/α-hetero) is 1. The zero-order valence-corrected chi connectivity index (χ0v) is 23.4. The molecule has 3 aromatic rings. The van der Waals surface area contributed by atoms with Gasteiger partial charge >= 0.3 is 0 Å². The Morgan fingerprint density at radius 2 is 1.63 bits per heavy atom. The first-order valence-corrected chi connectivity index (χ1v) is 13.8. The van der Waals surface area contributed by atoms with E-state index in [1.165, 1.54) is 5.69 Å². The number of ketones is 1. The van der Waals surface area contributed by atoms with Crippen LogP contribution >= 0.6 is 12.2 Å². The monoisotopic (exact) mass is 524 g/mol. The zero-order chi connectivity index (χ0) is 26.9. The lowest BCUT2D eigenvalue weighted by molar-refractivity contribution is -0.118. The molecule has 0 aromatic heterocycles. The molecule has 5 nitrogen and oxygen atoms in total. The standard InChI is InChI=1S/C32H36N4OS/c1-5-35(6-2)24-18-16-22(17-19-24)30-29-26(20-32(3,4)21-28(29)37)34-25-14-10-11-15-27(25)36(30)31(38)33-23-12-8-7-9-13-23/h7-19,30,34H,5-6,20-21H2,1-4H3,(H,33,38)/t30-/m0/s1. The van der Waals surface area contributed by atoms with Gasteiger partial charge < -0.3 is 20.4 Å². The molecule has 0 amide bonds. The van der Waals surface area contributed by atoms with E-state index in [1.807, 2.05) is 42.5 Å². The Kier molecular flexibility index (Phi) is 7.26. The quantitative estimate of drug-likeness (QED) is 0.336. The SMILES string of the molecule is CCN(CC)c1ccc([C@H]2C3=C(CC(C)(C)CC3=O)Nc3ccccc3N2C(=S)Nc2ccccc2)cc1. The summed E-state index contributed by atoms with van der Waals surface area (Å²) in [7, 11) is 0. The predicted molar refractivity (Wildman–Crippen MR) is 163 cm³/mol. The molecule has 6 heteroatoms. The van der Waals surface area contributed by atoms with E-state index in [4.69, 9.17) is 12.2 Å². The fraction of sp³-hybridized carbons (Fsp3) is 0.312. The summed E-state index contributed by atoms with van der Waals surface area (Å²) in [6.45, 7) is 10.6. The Bertz CT molecular complexity index is 1360. The molecule has 1 aliphatic heterocycles. The molecule has 0 saturated heterocycles. The molecule has 0 saturated carbocycles. The number of benzene rings is 3. The van der Waals surface area contributed by atoms with Gasteiger partial charge in [0.05, 0.1) is 17.4 Å². The second-order valence-corrected chi connectivity index (χ2v) is 11.2. The van der Waals surface area contributed by atoms with Crippen LogP contribution in [0.4, 0.5) is 22.7 Å². The summed E-state index contributed by atoms with van der Waals surface area (Å²) >= 11 is 6.10. The van der Waals surface area contributed by atoms with Crippen LogP contribution in [0, 0.1) is 5.41 Å². The first-order chi connectivity index (χ1) is 18.3. The number of hydrogen-bond acceptors (Lipinski definition) is 4. The Labute approximate surface area is 231 Å². The van der Waals surface area contributed by atoms with Crippen molar-refractivity contribution in [2.24, 2.45) is 5.41 Å². The summed E-state index contributed by atoms with van der Waals surface area (Å²) in [6.07, 6.45) is 1.30. The number of fused-ring (bicyclic) bond motifs is 1. The van der Waals surface area contributed by atoms with Gasteiger partial charge in [0.1, 0.15) is 0 Å². The number of hydrogen-bond donors (Lipinski definition) is 2. The predicted octanol–water partition coefficient (Wildman–Crippen LogP) is 7.55. The van der Waals surface area contributed by atoms with E-state index in [2.05, 4.69) is 84.5 Å². The third-order valence-corrected chi connectivity index (χ3v) is 7.78. The summed E-state index contributed by atoms with van der Waals surface area (Å²) < 4.78 is 0. The maximum atomic E-state index is 13.9. The third kappa shape index (κ3) is 5.05. The molecule has 0 unspecified atom stereocenters. The molecule has 38 heavy (non-hydrogen) atoms. The summed E-state index contributed by atoms with van der Waals surface area (Å²) in [6, 6.07) is 26.4. The van der Waals surface area contributed by atoms with Crippen LogP contribution in [0.2, 0.25) is 0 Å². The topological polar surface area (TPSA) is 47.6 Å². The number of anilines is 4. The van der Waals surface area contributed by atoms with Crippen LogP contribution in [-0.4, -0.2) is 24.0 Å². The Morgan fingerprint density at radius 3 is 2.32 bits per heavy atom. The van der Waals surface area contributed by atoms with Crippen molar-refractivity contribution in [3.05, 3.63) is 95.7 Å². The normalized spacial score (nSPS) is 18.2. The zero-order valence-electron chi connectivity index (χ0n) is 22.6. The van der Waals surface area contributed by atoms with Crippen molar-refractivity contribution in [3.8, 4) is 0 Å². The minimum absolute atomic E-state index is 0.118. The van der Waals surface area contributed by atoms with Crippen LogP contribution in [0.3, 0.4) is 0 Å².